The van der Waals surface area contributed by atoms with Crippen molar-refractivity contribution in [2.45, 2.75) is 45.1 Å². The number of amides is 2. The maximum atomic E-state index is 12.3. The first kappa shape index (κ1) is 17.5. The predicted molar refractivity (Wildman–Crippen MR) is 97.6 cm³/mol. The Hall–Kier alpha value is -1.36. The first-order valence-electron chi connectivity index (χ1n) is 8.87. The number of hydrogen-bond acceptors (Lipinski definition) is 2. The molecule has 130 valence electrons. The Kier molecular flexibility index (Phi) is 5.59. The highest BCUT2D eigenvalue weighted by atomic mass is 79.9. The highest BCUT2D eigenvalue weighted by Gasteiger charge is 2.38. The maximum Gasteiger partial charge on any atom is 0.252 e. The Morgan fingerprint density at radius 1 is 1.29 bits per heavy atom. The fourth-order valence-electron chi connectivity index (χ4n) is 4.02. The minimum atomic E-state index is -0.0944. The van der Waals surface area contributed by atoms with Crippen molar-refractivity contribution in [3.8, 4) is 0 Å². The van der Waals surface area contributed by atoms with Crippen molar-refractivity contribution in [3.05, 3.63) is 34.3 Å². The fourth-order valence-corrected chi connectivity index (χ4v) is 4.49. The van der Waals surface area contributed by atoms with Crippen molar-refractivity contribution in [2.75, 3.05) is 6.54 Å². The van der Waals surface area contributed by atoms with Crippen LogP contribution >= 0.6 is 15.9 Å². The molecule has 1 aromatic carbocycles. The zero-order chi connectivity index (χ0) is 17.1. The molecule has 4 atom stereocenters. The van der Waals surface area contributed by atoms with E-state index in [1.54, 1.807) is 6.07 Å². The van der Waals surface area contributed by atoms with Gasteiger partial charge in [0, 0.05) is 23.0 Å². The molecule has 2 N–H and O–H groups in total. The van der Waals surface area contributed by atoms with Crippen molar-refractivity contribution in [1.82, 2.24) is 10.6 Å². The van der Waals surface area contributed by atoms with Crippen molar-refractivity contribution in [2.24, 2.45) is 17.8 Å². The van der Waals surface area contributed by atoms with E-state index in [2.05, 4.69) is 33.5 Å². The van der Waals surface area contributed by atoms with Crippen molar-refractivity contribution in [3.63, 3.8) is 0 Å². The molecule has 1 aromatic rings. The van der Waals surface area contributed by atoms with Crippen LogP contribution < -0.4 is 10.6 Å². The number of piperidine rings is 1. The van der Waals surface area contributed by atoms with Crippen LogP contribution in [0.25, 0.3) is 0 Å². The molecule has 0 bridgehead atoms. The van der Waals surface area contributed by atoms with Crippen molar-refractivity contribution < 1.29 is 9.59 Å². The van der Waals surface area contributed by atoms with Gasteiger partial charge in [-0.1, -0.05) is 25.5 Å². The van der Waals surface area contributed by atoms with Crippen LogP contribution in [0.1, 0.15) is 49.4 Å². The molecule has 24 heavy (non-hydrogen) atoms. The number of fused-ring (bicyclic) bond motifs is 1. The second kappa shape index (κ2) is 7.68. The summed E-state index contributed by atoms with van der Waals surface area (Å²) in [5, 5.41) is 6.16. The third-order valence-electron chi connectivity index (χ3n) is 5.44. The van der Waals surface area contributed by atoms with E-state index < -0.39 is 0 Å². The quantitative estimate of drug-likeness (QED) is 0.823. The Labute approximate surface area is 151 Å². The minimum Gasteiger partial charge on any atom is -0.353 e. The number of hydrogen-bond donors (Lipinski definition) is 2. The summed E-state index contributed by atoms with van der Waals surface area (Å²) in [4.78, 5) is 24.5. The van der Waals surface area contributed by atoms with Gasteiger partial charge >= 0.3 is 0 Å². The number of benzene rings is 1. The molecular formula is C19H25BrN2O2. The zero-order valence-electron chi connectivity index (χ0n) is 14.1. The van der Waals surface area contributed by atoms with E-state index in [9.17, 15) is 9.59 Å². The van der Waals surface area contributed by atoms with Gasteiger partial charge in [-0.2, -0.15) is 0 Å². The number of carbonyl (C=O) groups excluding carboxylic acids is 2. The SMILES string of the molecule is CC1CCC2CC(CCNC(=O)c3ccccc3Br)C(=O)NC2C1. The van der Waals surface area contributed by atoms with E-state index in [4.69, 9.17) is 0 Å². The molecule has 1 heterocycles. The summed E-state index contributed by atoms with van der Waals surface area (Å²) in [5.74, 6) is 1.43. The van der Waals surface area contributed by atoms with E-state index >= 15 is 0 Å². The van der Waals surface area contributed by atoms with Crippen LogP contribution in [0.4, 0.5) is 0 Å². The van der Waals surface area contributed by atoms with Crippen LogP contribution in [-0.2, 0) is 4.79 Å². The van der Waals surface area contributed by atoms with Crippen LogP contribution in [0.15, 0.2) is 28.7 Å². The molecule has 4 nitrogen and oxygen atoms in total. The number of carbonyl (C=O) groups is 2. The van der Waals surface area contributed by atoms with Gasteiger partial charge in [-0.25, -0.2) is 0 Å². The normalized spacial score (nSPS) is 29.5. The van der Waals surface area contributed by atoms with Crippen LogP contribution in [-0.4, -0.2) is 24.4 Å². The zero-order valence-corrected chi connectivity index (χ0v) is 15.6. The molecule has 0 aromatic heterocycles. The predicted octanol–water partition coefficient (Wildman–Crippen LogP) is 3.51. The molecule has 1 aliphatic heterocycles. The molecular weight excluding hydrogens is 368 g/mol. The number of halogens is 1. The summed E-state index contributed by atoms with van der Waals surface area (Å²) in [5.41, 5.74) is 0.631. The molecule has 1 aliphatic carbocycles. The van der Waals surface area contributed by atoms with Crippen LogP contribution in [0.5, 0.6) is 0 Å². The van der Waals surface area contributed by atoms with E-state index in [-0.39, 0.29) is 17.7 Å². The topological polar surface area (TPSA) is 58.2 Å². The standard InChI is InChI=1S/C19H25BrN2O2/c1-12-6-7-13-11-14(18(23)22-17(13)10-12)8-9-21-19(24)15-4-2-3-5-16(15)20/h2-5,12-14,17H,6-11H2,1H3,(H,21,24)(H,22,23). The third kappa shape index (κ3) is 4.00. The van der Waals surface area contributed by atoms with Gasteiger partial charge in [0.05, 0.1) is 5.56 Å². The summed E-state index contributed by atoms with van der Waals surface area (Å²) in [6.07, 6.45) is 5.27. The summed E-state index contributed by atoms with van der Waals surface area (Å²) < 4.78 is 0.789. The highest BCUT2D eigenvalue weighted by Crippen LogP contribution is 2.36. The lowest BCUT2D eigenvalue weighted by molar-refractivity contribution is -0.130. The summed E-state index contributed by atoms with van der Waals surface area (Å²) in [6.45, 7) is 2.80. The van der Waals surface area contributed by atoms with Gasteiger partial charge < -0.3 is 10.6 Å². The summed E-state index contributed by atoms with van der Waals surface area (Å²) >= 11 is 3.39. The molecule has 5 heteroatoms. The monoisotopic (exact) mass is 392 g/mol. The van der Waals surface area contributed by atoms with Gasteiger partial charge in [-0.15, -0.1) is 0 Å². The van der Waals surface area contributed by atoms with E-state index in [1.807, 2.05) is 18.2 Å². The van der Waals surface area contributed by atoms with Gasteiger partial charge in [0.25, 0.3) is 5.91 Å². The molecule has 1 saturated carbocycles. The highest BCUT2D eigenvalue weighted by molar-refractivity contribution is 9.10. The Morgan fingerprint density at radius 2 is 2.08 bits per heavy atom. The van der Waals surface area contributed by atoms with Crippen LogP contribution in [0.3, 0.4) is 0 Å². The van der Waals surface area contributed by atoms with E-state index in [0.29, 0.717) is 36.4 Å². The Morgan fingerprint density at radius 3 is 2.88 bits per heavy atom. The minimum absolute atomic E-state index is 0.0270. The number of nitrogens with one attached hydrogen (secondary N) is 2. The smallest absolute Gasteiger partial charge is 0.252 e. The lowest BCUT2D eigenvalue weighted by atomic mass is 9.72. The average molecular weight is 393 g/mol. The van der Waals surface area contributed by atoms with E-state index in [0.717, 1.165) is 17.3 Å². The molecule has 2 fully saturated rings. The summed E-state index contributed by atoms with van der Waals surface area (Å²) in [7, 11) is 0. The van der Waals surface area contributed by atoms with Gasteiger partial charge in [0.2, 0.25) is 5.91 Å². The largest absolute Gasteiger partial charge is 0.353 e. The lowest BCUT2D eigenvalue weighted by Crippen LogP contribution is -2.52. The van der Waals surface area contributed by atoms with Gasteiger partial charge in [-0.05, 0) is 65.6 Å². The lowest BCUT2D eigenvalue weighted by Gasteiger charge is -2.41. The fraction of sp³-hybridized carbons (Fsp3) is 0.579. The molecule has 0 radical (unpaired) electrons. The summed E-state index contributed by atoms with van der Waals surface area (Å²) in [6, 6.07) is 7.74. The molecule has 0 spiro atoms. The van der Waals surface area contributed by atoms with Gasteiger partial charge in [0.1, 0.15) is 0 Å². The second-order valence-corrected chi connectivity index (χ2v) is 8.10. The Balaban J connectivity index is 1.49. The second-order valence-electron chi connectivity index (χ2n) is 7.25. The first-order chi connectivity index (χ1) is 11.5. The van der Waals surface area contributed by atoms with Crippen molar-refractivity contribution >= 4 is 27.7 Å². The van der Waals surface area contributed by atoms with Crippen molar-refractivity contribution in [1.29, 1.82) is 0 Å². The van der Waals surface area contributed by atoms with Crippen LogP contribution in [0.2, 0.25) is 0 Å². The molecule has 2 amide bonds. The van der Waals surface area contributed by atoms with E-state index in [1.165, 1.54) is 12.8 Å². The molecule has 2 aliphatic rings. The Bertz CT molecular complexity index is 619. The molecule has 1 saturated heterocycles. The maximum absolute atomic E-state index is 12.3. The average Bonchev–Trinajstić information content (AvgIpc) is 2.55. The molecule has 3 rings (SSSR count). The van der Waals surface area contributed by atoms with Crippen LogP contribution in [0, 0.1) is 17.8 Å². The molecule has 4 unspecified atom stereocenters. The first-order valence-corrected chi connectivity index (χ1v) is 9.67. The number of rotatable bonds is 4. The van der Waals surface area contributed by atoms with Gasteiger partial charge in [0.15, 0.2) is 0 Å². The third-order valence-corrected chi connectivity index (χ3v) is 6.13. The van der Waals surface area contributed by atoms with Gasteiger partial charge in [-0.3, -0.25) is 9.59 Å².